The van der Waals surface area contributed by atoms with Gasteiger partial charge in [0, 0.05) is 19.3 Å². The highest BCUT2D eigenvalue weighted by Crippen LogP contribution is 2.01. The minimum absolute atomic E-state index is 0.0169. The van der Waals surface area contributed by atoms with E-state index in [0.29, 0.717) is 18.9 Å². The number of hydrogen-bond donors (Lipinski definition) is 1. The van der Waals surface area contributed by atoms with E-state index in [0.717, 1.165) is 0 Å². The van der Waals surface area contributed by atoms with E-state index in [2.05, 4.69) is 0 Å². The summed E-state index contributed by atoms with van der Waals surface area (Å²) in [6.07, 6.45) is 2.42. The Morgan fingerprint density at radius 2 is 2.00 bits per heavy atom. The Kier molecular flexibility index (Phi) is 6.80. The molecule has 0 aliphatic carbocycles. The zero-order valence-corrected chi connectivity index (χ0v) is 8.66. The zero-order chi connectivity index (χ0) is 11.0. The normalized spacial score (nSPS) is 10.2. The van der Waals surface area contributed by atoms with Gasteiger partial charge >= 0.3 is 11.9 Å². The molecule has 14 heavy (non-hydrogen) atoms. The van der Waals surface area contributed by atoms with Gasteiger partial charge in [-0.15, -0.1) is 0 Å². The van der Waals surface area contributed by atoms with Crippen molar-refractivity contribution in [3.05, 3.63) is 6.42 Å². The van der Waals surface area contributed by atoms with Crippen LogP contribution in [0, 0.1) is 12.3 Å². The van der Waals surface area contributed by atoms with Crippen LogP contribution in [0.3, 0.4) is 0 Å². The molecule has 0 unspecified atom stereocenters. The van der Waals surface area contributed by atoms with Crippen molar-refractivity contribution in [2.24, 2.45) is 5.92 Å². The van der Waals surface area contributed by atoms with Crippen LogP contribution >= 0.6 is 0 Å². The molecule has 0 fully saturated rings. The number of esters is 1. The molecule has 0 aliphatic heterocycles. The van der Waals surface area contributed by atoms with Gasteiger partial charge in [-0.05, 0) is 12.3 Å². The van der Waals surface area contributed by atoms with Crippen LogP contribution in [0.4, 0.5) is 0 Å². The van der Waals surface area contributed by atoms with E-state index in [1.165, 1.54) is 0 Å². The van der Waals surface area contributed by atoms with Gasteiger partial charge in [-0.1, -0.05) is 13.8 Å². The van der Waals surface area contributed by atoms with Gasteiger partial charge in [-0.25, -0.2) is 0 Å². The van der Waals surface area contributed by atoms with Gasteiger partial charge < -0.3 is 9.84 Å². The molecule has 4 heteroatoms. The molecule has 0 saturated heterocycles. The second-order valence-corrected chi connectivity index (χ2v) is 3.41. The molecule has 0 aromatic carbocycles. The van der Waals surface area contributed by atoms with Crippen LogP contribution in [-0.4, -0.2) is 23.7 Å². The van der Waals surface area contributed by atoms with E-state index in [4.69, 9.17) is 9.84 Å². The van der Waals surface area contributed by atoms with Gasteiger partial charge in [0.1, 0.15) is 0 Å². The summed E-state index contributed by atoms with van der Waals surface area (Å²) in [5.41, 5.74) is 0. The second-order valence-electron chi connectivity index (χ2n) is 3.41. The first-order valence-corrected chi connectivity index (χ1v) is 4.73. The fourth-order valence-electron chi connectivity index (χ4n) is 0.790. The largest absolute Gasteiger partial charge is 0.481 e. The quantitative estimate of drug-likeness (QED) is 0.636. The van der Waals surface area contributed by atoms with Crippen molar-refractivity contribution in [1.29, 1.82) is 0 Å². The minimum atomic E-state index is -0.883. The minimum Gasteiger partial charge on any atom is -0.481 e. The monoisotopic (exact) mass is 201 g/mol. The lowest BCUT2D eigenvalue weighted by Crippen LogP contribution is -2.08. The molecule has 0 aromatic heterocycles. The molecular formula is C10H17O4. The molecule has 0 amide bonds. The second kappa shape index (κ2) is 7.35. The van der Waals surface area contributed by atoms with Crippen LogP contribution in [0.15, 0.2) is 0 Å². The molecule has 81 valence electrons. The predicted octanol–water partition coefficient (Wildman–Crippen LogP) is 1.64. The fourth-order valence-corrected chi connectivity index (χ4v) is 0.790. The summed E-state index contributed by atoms with van der Waals surface area (Å²) in [5, 5.41) is 8.32. The number of ether oxygens (including phenoxy) is 1. The number of aliphatic carboxylic acids is 1. The van der Waals surface area contributed by atoms with Crippen LogP contribution in [0.2, 0.25) is 0 Å². The van der Waals surface area contributed by atoms with E-state index in [1.807, 2.05) is 20.3 Å². The molecule has 0 spiro atoms. The molecule has 0 heterocycles. The Bertz CT molecular complexity index is 187. The number of hydrogen-bond acceptors (Lipinski definition) is 3. The summed E-state index contributed by atoms with van der Waals surface area (Å²) in [4.78, 5) is 21.1. The van der Waals surface area contributed by atoms with Crippen LogP contribution in [0.5, 0.6) is 0 Å². The Morgan fingerprint density at radius 1 is 1.36 bits per heavy atom. The first-order valence-electron chi connectivity index (χ1n) is 4.73. The fraction of sp³-hybridized carbons (Fsp3) is 0.700. The van der Waals surface area contributed by atoms with E-state index in [9.17, 15) is 9.59 Å². The molecule has 1 radical (unpaired) electrons. The lowest BCUT2D eigenvalue weighted by Gasteiger charge is -2.05. The molecule has 0 aliphatic rings. The summed E-state index contributed by atoms with van der Waals surface area (Å²) in [6, 6.07) is 0. The highest BCUT2D eigenvalue weighted by Gasteiger charge is 2.05. The van der Waals surface area contributed by atoms with Gasteiger partial charge in [0.15, 0.2) is 0 Å². The van der Waals surface area contributed by atoms with Crippen molar-refractivity contribution in [2.75, 3.05) is 6.61 Å². The van der Waals surface area contributed by atoms with Crippen molar-refractivity contribution in [3.8, 4) is 0 Å². The number of carbonyl (C=O) groups excluding carboxylic acids is 1. The van der Waals surface area contributed by atoms with Gasteiger partial charge in [0.25, 0.3) is 0 Å². The summed E-state index contributed by atoms with van der Waals surface area (Å²) in [5.74, 6) is -0.823. The average molecular weight is 201 g/mol. The average Bonchev–Trinajstić information content (AvgIpc) is 2.02. The molecule has 0 saturated carbocycles. The molecular weight excluding hydrogens is 184 g/mol. The summed E-state index contributed by atoms with van der Waals surface area (Å²) < 4.78 is 4.85. The van der Waals surface area contributed by atoms with Crippen molar-refractivity contribution in [1.82, 2.24) is 0 Å². The van der Waals surface area contributed by atoms with Crippen LogP contribution in [-0.2, 0) is 14.3 Å². The Labute approximate surface area is 84.3 Å². The van der Waals surface area contributed by atoms with E-state index in [-0.39, 0.29) is 18.8 Å². The maximum absolute atomic E-state index is 11.0. The maximum Gasteiger partial charge on any atom is 0.305 e. The number of carboxylic acids is 1. The highest BCUT2D eigenvalue weighted by atomic mass is 16.5. The molecule has 0 rings (SSSR count). The molecule has 0 aromatic rings. The first kappa shape index (κ1) is 12.9. The van der Waals surface area contributed by atoms with Crippen molar-refractivity contribution < 1.29 is 19.4 Å². The van der Waals surface area contributed by atoms with E-state index < -0.39 is 5.97 Å². The van der Waals surface area contributed by atoms with Gasteiger partial charge in [0.05, 0.1) is 6.61 Å². The zero-order valence-electron chi connectivity index (χ0n) is 8.66. The molecule has 1 N–H and O–H groups in total. The Balaban J connectivity index is 3.33. The van der Waals surface area contributed by atoms with E-state index >= 15 is 0 Å². The summed E-state index contributed by atoms with van der Waals surface area (Å²) >= 11 is 0. The van der Waals surface area contributed by atoms with Crippen LogP contribution in [0.1, 0.15) is 33.1 Å². The Morgan fingerprint density at radius 3 is 2.50 bits per heavy atom. The van der Waals surface area contributed by atoms with Crippen LogP contribution < -0.4 is 0 Å². The number of carbonyl (C=O) groups is 2. The standard InChI is InChI=1S/C10H17O4/c1-8(2)6-7-14-10(13)5-3-4-9(11)12/h6,8H,3-5,7H2,1-2H3,(H,11,12). The highest BCUT2D eigenvalue weighted by molar-refractivity contribution is 5.71. The van der Waals surface area contributed by atoms with Crippen molar-refractivity contribution >= 4 is 11.9 Å². The van der Waals surface area contributed by atoms with E-state index in [1.54, 1.807) is 0 Å². The summed E-state index contributed by atoms with van der Waals surface area (Å²) in [6.45, 7) is 4.31. The Hall–Kier alpha value is -1.06. The van der Waals surface area contributed by atoms with Gasteiger partial charge in [0.2, 0.25) is 0 Å². The third kappa shape index (κ3) is 9.03. The lowest BCUT2D eigenvalue weighted by molar-refractivity contribution is -0.143. The third-order valence-corrected chi connectivity index (χ3v) is 1.58. The first-order chi connectivity index (χ1) is 6.52. The number of rotatable bonds is 7. The number of carboxylic acid groups (broad SMARTS) is 1. The predicted molar refractivity (Wildman–Crippen MR) is 51.6 cm³/mol. The van der Waals surface area contributed by atoms with Gasteiger partial charge in [-0.2, -0.15) is 0 Å². The van der Waals surface area contributed by atoms with Crippen molar-refractivity contribution in [2.45, 2.75) is 33.1 Å². The maximum atomic E-state index is 11.0. The van der Waals surface area contributed by atoms with Crippen molar-refractivity contribution in [3.63, 3.8) is 0 Å². The smallest absolute Gasteiger partial charge is 0.305 e. The third-order valence-electron chi connectivity index (χ3n) is 1.58. The molecule has 0 atom stereocenters. The molecule has 4 nitrogen and oxygen atoms in total. The van der Waals surface area contributed by atoms with Gasteiger partial charge in [-0.3, -0.25) is 9.59 Å². The SMILES string of the molecule is CC(C)[CH]COC(=O)CCCC(=O)O. The topological polar surface area (TPSA) is 63.6 Å². The molecule has 0 bridgehead atoms. The lowest BCUT2D eigenvalue weighted by atomic mass is 10.1. The summed E-state index contributed by atoms with van der Waals surface area (Å²) in [7, 11) is 0. The van der Waals surface area contributed by atoms with Crippen LogP contribution in [0.25, 0.3) is 0 Å².